The van der Waals surface area contributed by atoms with Crippen LogP contribution in [0.15, 0.2) is 30.3 Å². The zero-order valence-electron chi connectivity index (χ0n) is 21.0. The van der Waals surface area contributed by atoms with Gasteiger partial charge >= 0.3 is 11.9 Å². The quantitative estimate of drug-likeness (QED) is 0.222. The highest BCUT2D eigenvalue weighted by Gasteiger charge is 2.49. The number of carbonyl (C=O) groups excluding carboxylic acids is 4. The highest BCUT2D eigenvalue weighted by atomic mass is 16.6. The monoisotopic (exact) mass is 505 g/mol. The van der Waals surface area contributed by atoms with Gasteiger partial charge < -0.3 is 38.9 Å². The minimum atomic E-state index is -2.76. The van der Waals surface area contributed by atoms with Gasteiger partial charge in [-0.3, -0.25) is 9.59 Å². The number of ether oxygens (including phenoxy) is 3. The summed E-state index contributed by atoms with van der Waals surface area (Å²) >= 11 is 0. The molecule has 2 rings (SSSR count). The molecule has 36 heavy (non-hydrogen) atoms. The molecule has 1 saturated carbocycles. The Morgan fingerprint density at radius 3 is 2.14 bits per heavy atom. The predicted octanol–water partition coefficient (Wildman–Crippen LogP) is -0.0380. The van der Waals surface area contributed by atoms with Crippen molar-refractivity contribution in [1.82, 2.24) is 4.90 Å². The lowest BCUT2D eigenvalue weighted by molar-refractivity contribution is -0.334. The van der Waals surface area contributed by atoms with Crippen LogP contribution in [0.5, 0.6) is 0 Å². The number of likely N-dealkylation sites (N-methyl/N-ethyl adjacent to an activating group) is 1. The summed E-state index contributed by atoms with van der Waals surface area (Å²) in [6.45, 7) is 6.85. The number of aliphatic carboxylic acids is 2. The first kappa shape index (κ1) is 29.3. The first-order valence-electron chi connectivity index (χ1n) is 12.3. The topological polar surface area (TPSA) is 145 Å². The lowest BCUT2D eigenvalue weighted by Gasteiger charge is -2.38. The molecule has 1 atom stereocenters. The molecule has 200 valence electrons. The van der Waals surface area contributed by atoms with Gasteiger partial charge in [-0.05, 0) is 31.5 Å². The molecular weight excluding hydrogens is 470 g/mol. The van der Waals surface area contributed by atoms with E-state index >= 15 is 0 Å². The van der Waals surface area contributed by atoms with Crippen molar-refractivity contribution in [3.63, 3.8) is 0 Å². The Balaban J connectivity index is 2.08. The fraction of sp³-hybridized carbons (Fsp3) is 0.615. The van der Waals surface area contributed by atoms with E-state index in [1.807, 2.05) is 13.8 Å². The zero-order valence-corrected chi connectivity index (χ0v) is 21.0. The summed E-state index contributed by atoms with van der Waals surface area (Å²) in [5.74, 6) is -5.78. The Labute approximate surface area is 211 Å². The van der Waals surface area contributed by atoms with Gasteiger partial charge in [0.2, 0.25) is 0 Å². The van der Waals surface area contributed by atoms with E-state index in [0.717, 1.165) is 13.1 Å². The third kappa shape index (κ3) is 7.76. The van der Waals surface area contributed by atoms with Gasteiger partial charge in [-0.1, -0.05) is 57.0 Å². The summed E-state index contributed by atoms with van der Waals surface area (Å²) in [6, 6.07) is 8.75. The maximum Gasteiger partial charge on any atom is 0.317 e. The molecule has 1 aliphatic rings. The molecule has 10 nitrogen and oxygen atoms in total. The largest absolute Gasteiger partial charge is 0.550 e. The van der Waals surface area contributed by atoms with Crippen molar-refractivity contribution in [2.75, 3.05) is 39.5 Å². The molecule has 0 saturated heterocycles. The zero-order chi connectivity index (χ0) is 26.6. The molecule has 1 aromatic rings. The number of carboxylic acid groups (broad SMARTS) is 2. The number of rotatable bonds is 16. The average Bonchev–Trinajstić information content (AvgIpc) is 3.35. The molecule has 1 unspecified atom stereocenters. The molecule has 1 aromatic carbocycles. The highest BCUT2D eigenvalue weighted by molar-refractivity contribution is 5.92. The number of benzene rings is 1. The van der Waals surface area contributed by atoms with Crippen molar-refractivity contribution in [3.8, 4) is 0 Å². The SMILES string of the molecule is CCN(CC)CCOCCOC(=O)CC(CC(=O)[O-])(OC(=O)C1(c2ccccc2)CCCC1)C(=O)[O-]. The Morgan fingerprint density at radius 1 is 0.944 bits per heavy atom. The molecule has 0 aromatic heterocycles. The normalized spacial score (nSPS) is 16.3. The van der Waals surface area contributed by atoms with Crippen LogP contribution in [-0.4, -0.2) is 73.8 Å². The first-order chi connectivity index (χ1) is 17.2. The van der Waals surface area contributed by atoms with Gasteiger partial charge in [0.05, 0.1) is 31.0 Å². The molecule has 0 radical (unpaired) electrons. The number of esters is 2. The van der Waals surface area contributed by atoms with E-state index in [2.05, 4.69) is 4.90 Å². The van der Waals surface area contributed by atoms with Crippen LogP contribution in [0.1, 0.15) is 57.9 Å². The number of carbonyl (C=O) groups is 4. The molecule has 1 aliphatic carbocycles. The van der Waals surface area contributed by atoms with Gasteiger partial charge in [0.15, 0.2) is 5.60 Å². The van der Waals surface area contributed by atoms with Crippen molar-refractivity contribution in [3.05, 3.63) is 35.9 Å². The number of nitrogens with zero attached hydrogens (tertiary/aromatic N) is 1. The van der Waals surface area contributed by atoms with Gasteiger partial charge in [-0.15, -0.1) is 0 Å². The third-order valence-corrected chi connectivity index (χ3v) is 6.63. The molecule has 0 amide bonds. The van der Waals surface area contributed by atoms with Crippen molar-refractivity contribution in [2.45, 2.75) is 63.4 Å². The minimum Gasteiger partial charge on any atom is -0.550 e. The van der Waals surface area contributed by atoms with Gasteiger partial charge in [-0.25, -0.2) is 0 Å². The van der Waals surface area contributed by atoms with E-state index in [-0.39, 0.29) is 13.2 Å². The van der Waals surface area contributed by atoms with Crippen LogP contribution in [0.4, 0.5) is 0 Å². The second-order valence-electron chi connectivity index (χ2n) is 8.91. The highest BCUT2D eigenvalue weighted by Crippen LogP contribution is 2.43. The summed E-state index contributed by atoms with van der Waals surface area (Å²) in [6.07, 6.45) is -0.0574. The number of hydrogen-bond donors (Lipinski definition) is 0. The van der Waals surface area contributed by atoms with Crippen LogP contribution >= 0.6 is 0 Å². The average molecular weight is 506 g/mol. The van der Waals surface area contributed by atoms with E-state index < -0.39 is 47.7 Å². The summed E-state index contributed by atoms with van der Waals surface area (Å²) < 4.78 is 15.8. The lowest BCUT2D eigenvalue weighted by atomic mass is 9.78. The Hall–Kier alpha value is -2.98. The number of hydrogen-bond acceptors (Lipinski definition) is 10. The molecule has 10 heteroatoms. The minimum absolute atomic E-state index is 0.0721. The van der Waals surface area contributed by atoms with E-state index in [1.165, 1.54) is 0 Å². The van der Waals surface area contributed by atoms with Gasteiger partial charge in [-0.2, -0.15) is 0 Å². The molecule has 0 aliphatic heterocycles. The molecule has 0 heterocycles. The fourth-order valence-corrected chi connectivity index (χ4v) is 4.51. The fourth-order valence-electron chi connectivity index (χ4n) is 4.51. The van der Waals surface area contributed by atoms with Crippen molar-refractivity contribution in [2.24, 2.45) is 0 Å². The smallest absolute Gasteiger partial charge is 0.317 e. The van der Waals surface area contributed by atoms with Crippen molar-refractivity contribution >= 4 is 23.9 Å². The van der Waals surface area contributed by atoms with E-state index in [0.29, 0.717) is 44.4 Å². The van der Waals surface area contributed by atoms with Crippen LogP contribution < -0.4 is 10.2 Å². The Kier molecular flexibility index (Phi) is 11.3. The Morgan fingerprint density at radius 2 is 1.58 bits per heavy atom. The summed E-state index contributed by atoms with van der Waals surface area (Å²) in [7, 11) is 0. The van der Waals surface area contributed by atoms with Crippen LogP contribution in [0.25, 0.3) is 0 Å². The summed E-state index contributed by atoms with van der Waals surface area (Å²) in [5, 5.41) is 23.5. The Bertz CT molecular complexity index is 879. The molecule has 1 fully saturated rings. The molecule has 0 spiro atoms. The standard InChI is InChI=1S/C26H37NO9/c1-3-27(4-2)14-15-34-16-17-35-22(30)19-26(23(31)32,18-21(28)29)36-24(33)25(12-8-9-13-25)20-10-6-5-7-11-20/h5-7,10-11H,3-4,8-9,12-19H2,1-2H3,(H,28,29)(H,31,32)/p-2. The van der Waals surface area contributed by atoms with Crippen molar-refractivity contribution < 1.29 is 43.6 Å². The van der Waals surface area contributed by atoms with E-state index in [4.69, 9.17) is 14.2 Å². The predicted molar refractivity (Wildman–Crippen MR) is 124 cm³/mol. The van der Waals surface area contributed by atoms with Crippen LogP contribution in [0.3, 0.4) is 0 Å². The van der Waals surface area contributed by atoms with E-state index in [9.17, 15) is 29.4 Å². The second kappa shape index (κ2) is 13.9. The lowest BCUT2D eigenvalue weighted by Crippen LogP contribution is -2.57. The van der Waals surface area contributed by atoms with Crippen molar-refractivity contribution in [1.29, 1.82) is 0 Å². The summed E-state index contributed by atoms with van der Waals surface area (Å²) in [4.78, 5) is 51.5. The number of carboxylic acids is 2. The molecule has 0 N–H and O–H groups in total. The first-order valence-corrected chi connectivity index (χ1v) is 12.3. The third-order valence-electron chi connectivity index (χ3n) is 6.63. The van der Waals surface area contributed by atoms with E-state index in [1.54, 1.807) is 30.3 Å². The van der Waals surface area contributed by atoms with Crippen LogP contribution in [0.2, 0.25) is 0 Å². The van der Waals surface area contributed by atoms with Gasteiger partial charge in [0, 0.05) is 18.9 Å². The maximum absolute atomic E-state index is 13.4. The van der Waals surface area contributed by atoms with Gasteiger partial charge in [0.1, 0.15) is 6.61 Å². The summed E-state index contributed by atoms with van der Waals surface area (Å²) in [5.41, 5.74) is -3.27. The second-order valence-corrected chi connectivity index (χ2v) is 8.91. The van der Waals surface area contributed by atoms with Gasteiger partial charge in [0.25, 0.3) is 0 Å². The molecule has 0 bridgehead atoms. The van der Waals surface area contributed by atoms with Crippen LogP contribution in [0, 0.1) is 0 Å². The molecular formula is C26H35NO9-2. The van der Waals surface area contributed by atoms with Crippen LogP contribution in [-0.2, 0) is 38.8 Å². The maximum atomic E-state index is 13.4.